The molecule has 1 heterocycles. The highest BCUT2D eigenvalue weighted by atomic mass is 15.3. The molecule has 0 atom stereocenters. The van der Waals surface area contributed by atoms with Gasteiger partial charge in [-0.3, -0.25) is 4.90 Å². The lowest BCUT2D eigenvalue weighted by atomic mass is 9.80. The van der Waals surface area contributed by atoms with Crippen LogP contribution in [0.15, 0.2) is 170 Å². The molecule has 0 saturated carbocycles. The minimum absolute atomic E-state index is 0.125. The van der Waals surface area contributed by atoms with Gasteiger partial charge in [0.25, 0.3) is 0 Å². The normalized spacial score (nSPS) is 16.2. The maximum atomic E-state index is 5.71. The molecule has 8 aromatic carbocycles. The summed E-state index contributed by atoms with van der Waals surface area (Å²) < 4.78 is 0. The maximum Gasteiger partial charge on any atom is 0.238 e. The van der Waals surface area contributed by atoms with Gasteiger partial charge in [0.2, 0.25) is 5.95 Å². The number of hydrogen-bond donors (Lipinski definition) is 0. The van der Waals surface area contributed by atoms with Crippen LogP contribution < -0.4 is 4.90 Å². The first-order chi connectivity index (χ1) is 32.3. The molecule has 0 aliphatic heterocycles. The van der Waals surface area contributed by atoms with E-state index in [9.17, 15) is 0 Å². The number of fused-ring (bicyclic) bond motifs is 12. The van der Waals surface area contributed by atoms with Crippen LogP contribution >= 0.6 is 0 Å². The zero-order valence-electron chi connectivity index (χ0n) is 39.5. The maximum absolute atomic E-state index is 5.71. The molecule has 0 N–H and O–H groups in total. The van der Waals surface area contributed by atoms with Crippen molar-refractivity contribution < 1.29 is 0 Å². The highest BCUT2D eigenvalue weighted by Crippen LogP contribution is 2.57. The van der Waals surface area contributed by atoms with E-state index in [0.717, 1.165) is 22.5 Å². The summed E-state index contributed by atoms with van der Waals surface area (Å²) in [6, 6.07) is 62.8. The zero-order chi connectivity index (χ0) is 45.8. The lowest BCUT2D eigenvalue weighted by molar-refractivity contribution is 0.660. The fraction of sp³-hybridized carbons (Fsp3) is 0.190. The minimum Gasteiger partial charge on any atom is -0.278 e. The minimum atomic E-state index is -0.284. The molecule has 324 valence electrons. The summed E-state index contributed by atoms with van der Waals surface area (Å²) in [5.41, 5.74) is 23.7. The van der Waals surface area contributed by atoms with Crippen molar-refractivity contribution in [2.75, 3.05) is 4.90 Å². The lowest BCUT2D eigenvalue weighted by Gasteiger charge is -2.29. The van der Waals surface area contributed by atoms with Crippen LogP contribution in [-0.2, 0) is 21.7 Å². The van der Waals surface area contributed by atoms with Crippen LogP contribution in [0, 0.1) is 0 Å². The van der Waals surface area contributed by atoms with Crippen LogP contribution in [0.2, 0.25) is 0 Å². The van der Waals surface area contributed by atoms with Crippen LogP contribution in [-0.4, -0.2) is 15.0 Å². The molecule has 0 fully saturated rings. The Kier molecular flexibility index (Phi) is 8.08. The second kappa shape index (κ2) is 13.6. The van der Waals surface area contributed by atoms with Gasteiger partial charge in [0.05, 0.1) is 5.69 Å². The molecular formula is C63H52N4. The summed E-state index contributed by atoms with van der Waals surface area (Å²) in [5.74, 6) is 1.87. The number of benzene rings is 8. The van der Waals surface area contributed by atoms with Gasteiger partial charge in [0.1, 0.15) is 0 Å². The molecule has 1 aromatic heterocycles. The molecule has 4 aliphatic rings. The Balaban J connectivity index is 1.11. The summed E-state index contributed by atoms with van der Waals surface area (Å²) in [4.78, 5) is 19.2. The molecule has 0 spiro atoms. The van der Waals surface area contributed by atoms with E-state index >= 15 is 0 Å². The SMILES string of the molecule is CC1(C)c2ccccc2-c2cc(-c3nc(-c4cccc5c4C(C)(C)c4ccccc4-5)nc(N(c4ccc5c(c4)-c4ccccc4C5(C)C)c4cccc5c4-c4ccccc4C5(C)C)n3)ccc21. The predicted molar refractivity (Wildman–Crippen MR) is 276 cm³/mol. The van der Waals surface area contributed by atoms with Crippen molar-refractivity contribution in [1.82, 2.24) is 15.0 Å². The number of hydrogen-bond acceptors (Lipinski definition) is 4. The second-order valence-corrected chi connectivity index (χ2v) is 21.2. The van der Waals surface area contributed by atoms with Crippen molar-refractivity contribution in [3.63, 3.8) is 0 Å². The Morgan fingerprint density at radius 2 is 0.776 bits per heavy atom. The summed E-state index contributed by atoms with van der Waals surface area (Å²) in [6.07, 6.45) is 0. The molecule has 0 radical (unpaired) electrons. The van der Waals surface area contributed by atoms with Crippen molar-refractivity contribution in [3.05, 3.63) is 214 Å². The first-order valence-electron chi connectivity index (χ1n) is 23.8. The average Bonchev–Trinajstić information content (AvgIpc) is 3.92. The Hall–Kier alpha value is -7.43. The molecule has 0 amide bonds. The smallest absolute Gasteiger partial charge is 0.238 e. The van der Waals surface area contributed by atoms with Crippen molar-refractivity contribution >= 4 is 17.3 Å². The van der Waals surface area contributed by atoms with Gasteiger partial charge in [-0.25, -0.2) is 4.98 Å². The molecule has 67 heavy (non-hydrogen) atoms. The van der Waals surface area contributed by atoms with E-state index in [0.29, 0.717) is 17.6 Å². The van der Waals surface area contributed by atoms with Gasteiger partial charge in [0.15, 0.2) is 11.6 Å². The Morgan fingerprint density at radius 3 is 1.43 bits per heavy atom. The van der Waals surface area contributed by atoms with Crippen LogP contribution in [0.1, 0.15) is 99.9 Å². The highest BCUT2D eigenvalue weighted by Gasteiger charge is 2.42. The third kappa shape index (κ3) is 5.38. The number of anilines is 3. The van der Waals surface area contributed by atoms with E-state index in [2.05, 4.69) is 230 Å². The summed E-state index contributed by atoms with van der Waals surface area (Å²) >= 11 is 0. The molecule has 0 unspecified atom stereocenters. The third-order valence-corrected chi connectivity index (χ3v) is 16.1. The molecule has 9 aromatic rings. The van der Waals surface area contributed by atoms with Crippen molar-refractivity contribution in [3.8, 4) is 67.3 Å². The monoisotopic (exact) mass is 864 g/mol. The summed E-state index contributed by atoms with van der Waals surface area (Å²) in [7, 11) is 0. The van der Waals surface area contributed by atoms with Gasteiger partial charge in [-0.05, 0) is 108 Å². The molecule has 0 saturated heterocycles. The number of rotatable bonds is 5. The van der Waals surface area contributed by atoms with Gasteiger partial charge in [0, 0.05) is 44.0 Å². The van der Waals surface area contributed by atoms with Crippen molar-refractivity contribution in [1.29, 1.82) is 0 Å². The summed E-state index contributed by atoms with van der Waals surface area (Å²) in [5, 5.41) is 0. The fourth-order valence-corrected chi connectivity index (χ4v) is 12.7. The van der Waals surface area contributed by atoms with E-state index in [-0.39, 0.29) is 21.7 Å². The van der Waals surface area contributed by atoms with Crippen molar-refractivity contribution in [2.24, 2.45) is 0 Å². The summed E-state index contributed by atoms with van der Waals surface area (Å²) in [6.45, 7) is 18.7. The van der Waals surface area contributed by atoms with E-state index in [1.165, 1.54) is 89.0 Å². The molecular weight excluding hydrogens is 813 g/mol. The standard InChI is InChI=1S/C63H52N4/c1-60(2)47-25-13-10-20-40(47)45-35-37(31-33-51(45)60)57-64-58(44-24-17-23-42-39-19-9-15-27-49(39)63(7,8)56(42)44)66-59(65-57)67(38-32-34-52-46(36-38)41-21-11-14-26-48(41)61(52,3)4)54-30-18-29-53-55(54)43-22-12-16-28-50(43)62(53,5)6/h9-36H,1-8H3. The fourth-order valence-electron chi connectivity index (χ4n) is 12.7. The first kappa shape index (κ1) is 39.9. The van der Waals surface area contributed by atoms with Crippen LogP contribution in [0.5, 0.6) is 0 Å². The van der Waals surface area contributed by atoms with E-state index in [1.807, 2.05) is 0 Å². The van der Waals surface area contributed by atoms with Crippen LogP contribution in [0.3, 0.4) is 0 Å². The van der Waals surface area contributed by atoms with E-state index < -0.39 is 0 Å². The van der Waals surface area contributed by atoms with Gasteiger partial charge in [-0.1, -0.05) is 201 Å². The topological polar surface area (TPSA) is 41.9 Å². The quantitative estimate of drug-likeness (QED) is 0.173. The second-order valence-electron chi connectivity index (χ2n) is 21.2. The average molecular weight is 865 g/mol. The third-order valence-electron chi connectivity index (χ3n) is 16.1. The van der Waals surface area contributed by atoms with Crippen LogP contribution in [0.25, 0.3) is 67.3 Å². The van der Waals surface area contributed by atoms with E-state index in [1.54, 1.807) is 0 Å². The Labute approximate surface area is 394 Å². The first-order valence-corrected chi connectivity index (χ1v) is 23.8. The predicted octanol–water partition coefficient (Wildman–Crippen LogP) is 15.9. The number of nitrogens with zero attached hydrogens (tertiary/aromatic N) is 4. The van der Waals surface area contributed by atoms with Gasteiger partial charge in [-0.2, -0.15) is 9.97 Å². The Morgan fingerprint density at radius 1 is 0.328 bits per heavy atom. The Bertz CT molecular complexity index is 3610. The van der Waals surface area contributed by atoms with Gasteiger partial charge >= 0.3 is 0 Å². The largest absolute Gasteiger partial charge is 0.278 e. The molecule has 4 heteroatoms. The number of aromatic nitrogens is 3. The highest BCUT2D eigenvalue weighted by molar-refractivity contribution is 5.96. The van der Waals surface area contributed by atoms with E-state index in [4.69, 9.17) is 15.0 Å². The zero-order valence-corrected chi connectivity index (χ0v) is 39.5. The van der Waals surface area contributed by atoms with Crippen molar-refractivity contribution in [2.45, 2.75) is 77.0 Å². The molecule has 0 bridgehead atoms. The molecule has 4 aliphatic carbocycles. The lowest BCUT2D eigenvalue weighted by Crippen LogP contribution is -2.19. The van der Waals surface area contributed by atoms with Crippen LogP contribution in [0.4, 0.5) is 17.3 Å². The molecule has 13 rings (SSSR count). The van der Waals surface area contributed by atoms with Gasteiger partial charge < -0.3 is 0 Å². The molecule has 4 nitrogen and oxygen atoms in total. The van der Waals surface area contributed by atoms with Gasteiger partial charge in [-0.15, -0.1) is 0 Å².